The summed E-state index contributed by atoms with van der Waals surface area (Å²) in [6.07, 6.45) is -1.87. The molecule has 0 spiro atoms. The van der Waals surface area contributed by atoms with Gasteiger partial charge < -0.3 is 36.6 Å². The first-order chi connectivity index (χ1) is 23.2. The molecule has 0 aromatic heterocycles. The standard InChI is InChI=1S/C39H54N4O6/c1-26(2)21-33(37(47)41-32(35(40)45)24-29-19-13-8-14-20-29)42-36(46)30(22-27-15-9-6-10-16-27)25-34(44)31(23-28-17-11-7-12-18-28)43-38(48)49-39(3,4)5/h6-20,26,30-35,44-45H,21-25,40H2,1-5H3,(H,41,47)(H,42,46)(H,43,48)/t30-,31+,32+,33+,34-,35?/m1/s1. The lowest BCUT2D eigenvalue weighted by Crippen LogP contribution is -2.56. The highest BCUT2D eigenvalue weighted by Gasteiger charge is 2.33. The number of rotatable bonds is 17. The molecule has 3 amide bonds. The highest BCUT2D eigenvalue weighted by Crippen LogP contribution is 2.20. The number of ether oxygens (including phenoxy) is 1. The molecule has 1 unspecified atom stereocenters. The SMILES string of the molecule is CC(C)C[C@H](NC(=O)[C@H](Cc1ccccc1)C[C@@H](O)[C@H](Cc1ccccc1)NC(=O)OC(C)(C)C)C(=O)N[C@@H](Cc1ccccc1)C(N)O. The van der Waals surface area contributed by atoms with E-state index in [0.29, 0.717) is 25.7 Å². The average molecular weight is 675 g/mol. The van der Waals surface area contributed by atoms with Gasteiger partial charge in [-0.1, -0.05) is 105 Å². The second kappa shape index (κ2) is 19.1. The Balaban J connectivity index is 1.84. The molecule has 3 aromatic rings. The largest absolute Gasteiger partial charge is 0.444 e. The Kier molecular flexibility index (Phi) is 15.3. The smallest absolute Gasteiger partial charge is 0.407 e. The second-order valence-electron chi connectivity index (χ2n) is 14.1. The van der Waals surface area contributed by atoms with Crippen molar-refractivity contribution in [2.45, 2.75) is 103 Å². The summed E-state index contributed by atoms with van der Waals surface area (Å²) in [6.45, 7) is 9.19. The van der Waals surface area contributed by atoms with Crippen molar-refractivity contribution in [3.63, 3.8) is 0 Å². The van der Waals surface area contributed by atoms with Crippen LogP contribution in [0.3, 0.4) is 0 Å². The molecular weight excluding hydrogens is 620 g/mol. The first kappa shape index (κ1) is 39.2. The van der Waals surface area contributed by atoms with E-state index in [4.69, 9.17) is 10.5 Å². The lowest BCUT2D eigenvalue weighted by molar-refractivity contribution is -0.132. The second-order valence-corrected chi connectivity index (χ2v) is 14.1. The number of carbonyl (C=O) groups is 3. The van der Waals surface area contributed by atoms with E-state index < -0.39 is 59.9 Å². The van der Waals surface area contributed by atoms with Crippen LogP contribution in [-0.2, 0) is 33.6 Å². The molecule has 0 bridgehead atoms. The first-order valence-electron chi connectivity index (χ1n) is 17.0. The van der Waals surface area contributed by atoms with Crippen LogP contribution < -0.4 is 21.7 Å². The molecule has 10 heteroatoms. The topological polar surface area (TPSA) is 163 Å². The zero-order valence-electron chi connectivity index (χ0n) is 29.3. The van der Waals surface area contributed by atoms with Crippen molar-refractivity contribution in [1.29, 1.82) is 0 Å². The van der Waals surface area contributed by atoms with Crippen molar-refractivity contribution in [1.82, 2.24) is 16.0 Å². The van der Waals surface area contributed by atoms with E-state index in [1.165, 1.54) is 0 Å². The van der Waals surface area contributed by atoms with Crippen LogP contribution in [0.5, 0.6) is 0 Å². The minimum absolute atomic E-state index is 0.00217. The van der Waals surface area contributed by atoms with Crippen molar-refractivity contribution in [3.05, 3.63) is 108 Å². The van der Waals surface area contributed by atoms with Crippen LogP contribution in [0, 0.1) is 11.8 Å². The monoisotopic (exact) mass is 674 g/mol. The van der Waals surface area contributed by atoms with E-state index in [1.807, 2.05) is 105 Å². The minimum Gasteiger partial charge on any atom is -0.444 e. The maximum atomic E-state index is 14.1. The Morgan fingerprint density at radius 1 is 0.673 bits per heavy atom. The van der Waals surface area contributed by atoms with Crippen LogP contribution in [0.4, 0.5) is 4.79 Å². The predicted octanol–water partition coefficient (Wildman–Crippen LogP) is 4.27. The van der Waals surface area contributed by atoms with Gasteiger partial charge in [0, 0.05) is 5.92 Å². The summed E-state index contributed by atoms with van der Waals surface area (Å²) in [6, 6.07) is 25.8. The zero-order valence-corrected chi connectivity index (χ0v) is 29.3. The third-order valence-electron chi connectivity index (χ3n) is 8.07. The molecule has 0 aliphatic heterocycles. The van der Waals surface area contributed by atoms with E-state index in [0.717, 1.165) is 16.7 Å². The predicted molar refractivity (Wildman–Crippen MR) is 191 cm³/mol. The van der Waals surface area contributed by atoms with Gasteiger partial charge in [-0.15, -0.1) is 0 Å². The van der Waals surface area contributed by atoms with Crippen LogP contribution in [-0.4, -0.2) is 64.2 Å². The molecule has 266 valence electrons. The number of hydrogen-bond acceptors (Lipinski definition) is 7. The number of benzene rings is 3. The van der Waals surface area contributed by atoms with Crippen LogP contribution in [0.2, 0.25) is 0 Å². The van der Waals surface area contributed by atoms with E-state index >= 15 is 0 Å². The molecule has 0 saturated carbocycles. The lowest BCUT2D eigenvalue weighted by atomic mass is 9.88. The van der Waals surface area contributed by atoms with Crippen molar-refractivity contribution in [2.24, 2.45) is 17.6 Å². The lowest BCUT2D eigenvalue weighted by Gasteiger charge is -2.30. The summed E-state index contributed by atoms with van der Waals surface area (Å²) in [7, 11) is 0. The van der Waals surface area contributed by atoms with Crippen molar-refractivity contribution < 1.29 is 29.3 Å². The molecule has 0 saturated heterocycles. The van der Waals surface area contributed by atoms with Gasteiger partial charge in [0.15, 0.2) is 0 Å². The molecule has 0 aliphatic rings. The van der Waals surface area contributed by atoms with E-state index in [9.17, 15) is 24.6 Å². The molecule has 3 aromatic carbocycles. The molecule has 7 N–H and O–H groups in total. The summed E-state index contributed by atoms with van der Waals surface area (Å²) in [4.78, 5) is 40.6. The summed E-state index contributed by atoms with van der Waals surface area (Å²) in [5.41, 5.74) is 7.79. The van der Waals surface area contributed by atoms with Gasteiger partial charge in [-0.25, -0.2) is 4.79 Å². The normalized spacial score (nSPS) is 15.3. The van der Waals surface area contributed by atoms with E-state index in [-0.39, 0.29) is 12.3 Å². The molecule has 3 rings (SSSR count). The van der Waals surface area contributed by atoms with E-state index in [2.05, 4.69) is 16.0 Å². The number of aliphatic hydroxyl groups excluding tert-OH is 2. The Labute approximate surface area is 290 Å². The van der Waals surface area contributed by atoms with Gasteiger partial charge in [0.1, 0.15) is 17.9 Å². The summed E-state index contributed by atoms with van der Waals surface area (Å²) in [5, 5.41) is 30.6. The molecule has 0 radical (unpaired) electrons. The number of hydrogen-bond donors (Lipinski definition) is 6. The average Bonchev–Trinajstić information content (AvgIpc) is 3.03. The maximum absolute atomic E-state index is 14.1. The quantitative estimate of drug-likeness (QED) is 0.117. The van der Waals surface area contributed by atoms with Crippen molar-refractivity contribution in [3.8, 4) is 0 Å². The molecule has 0 aliphatic carbocycles. The third kappa shape index (κ3) is 14.4. The van der Waals surface area contributed by atoms with Gasteiger partial charge in [0.25, 0.3) is 0 Å². The van der Waals surface area contributed by atoms with Gasteiger partial charge in [0.05, 0.1) is 18.2 Å². The minimum atomic E-state index is -1.32. The van der Waals surface area contributed by atoms with Crippen LogP contribution in [0.15, 0.2) is 91.0 Å². The maximum Gasteiger partial charge on any atom is 0.407 e. The van der Waals surface area contributed by atoms with Crippen LogP contribution >= 0.6 is 0 Å². The Bertz CT molecular complexity index is 1430. The number of amides is 3. The van der Waals surface area contributed by atoms with Gasteiger partial charge in [-0.05, 0) is 75.5 Å². The summed E-state index contributed by atoms with van der Waals surface area (Å²) >= 11 is 0. The third-order valence-corrected chi connectivity index (χ3v) is 8.07. The van der Waals surface area contributed by atoms with Gasteiger partial charge in [-0.3, -0.25) is 9.59 Å². The van der Waals surface area contributed by atoms with Crippen LogP contribution in [0.25, 0.3) is 0 Å². The number of alkyl carbamates (subject to hydrolysis) is 1. The van der Waals surface area contributed by atoms with E-state index in [1.54, 1.807) is 20.8 Å². The Hall–Kier alpha value is -4.25. The van der Waals surface area contributed by atoms with Crippen LogP contribution in [0.1, 0.15) is 64.2 Å². The fourth-order valence-corrected chi connectivity index (χ4v) is 5.65. The molecule has 6 atom stereocenters. The molecule has 49 heavy (non-hydrogen) atoms. The molecule has 10 nitrogen and oxygen atoms in total. The van der Waals surface area contributed by atoms with Gasteiger partial charge in [0.2, 0.25) is 11.8 Å². The number of nitrogens with one attached hydrogen (secondary N) is 3. The van der Waals surface area contributed by atoms with Crippen molar-refractivity contribution in [2.75, 3.05) is 0 Å². The molecular formula is C39H54N4O6. The fourth-order valence-electron chi connectivity index (χ4n) is 5.65. The zero-order chi connectivity index (χ0) is 36.0. The summed E-state index contributed by atoms with van der Waals surface area (Å²) in [5.74, 6) is -1.57. The fraction of sp³-hybridized carbons (Fsp3) is 0.462. The Morgan fingerprint density at radius 2 is 1.14 bits per heavy atom. The van der Waals surface area contributed by atoms with Gasteiger partial charge >= 0.3 is 6.09 Å². The van der Waals surface area contributed by atoms with Crippen molar-refractivity contribution >= 4 is 17.9 Å². The Morgan fingerprint density at radius 3 is 1.59 bits per heavy atom. The summed E-state index contributed by atoms with van der Waals surface area (Å²) < 4.78 is 5.49. The molecule has 0 heterocycles. The molecule has 0 fully saturated rings. The first-order valence-corrected chi connectivity index (χ1v) is 17.0. The number of nitrogens with two attached hydrogens (primary N) is 1. The number of aliphatic hydroxyl groups is 2. The number of carbonyl (C=O) groups excluding carboxylic acids is 3. The highest BCUT2D eigenvalue weighted by atomic mass is 16.6. The van der Waals surface area contributed by atoms with Gasteiger partial charge in [-0.2, -0.15) is 0 Å². The highest BCUT2D eigenvalue weighted by molar-refractivity contribution is 5.88.